The van der Waals surface area contributed by atoms with Crippen molar-refractivity contribution >= 4 is 5.71 Å². The van der Waals surface area contributed by atoms with E-state index in [4.69, 9.17) is 0 Å². The van der Waals surface area contributed by atoms with Crippen LogP contribution in [0.15, 0.2) is 28.8 Å². The number of hydrogen-bond acceptors (Lipinski definition) is 1. The first-order valence-electron chi connectivity index (χ1n) is 4.25. The van der Waals surface area contributed by atoms with Crippen LogP contribution in [-0.2, 0) is 0 Å². The second-order valence-corrected chi connectivity index (χ2v) is 2.65. The van der Waals surface area contributed by atoms with Crippen molar-refractivity contribution in [3.05, 3.63) is 23.8 Å². The van der Waals surface area contributed by atoms with Crippen LogP contribution >= 0.6 is 0 Å². The Hall–Kier alpha value is -0.850. The summed E-state index contributed by atoms with van der Waals surface area (Å²) in [7, 11) is 0. The Labute approximate surface area is 68.5 Å². The summed E-state index contributed by atoms with van der Waals surface area (Å²) >= 11 is 0. The van der Waals surface area contributed by atoms with E-state index in [1.165, 1.54) is 11.3 Å². The zero-order valence-electron chi connectivity index (χ0n) is 7.30. The number of rotatable bonds is 2. The number of allylic oxidation sites excluding steroid dienone is 3. The summed E-state index contributed by atoms with van der Waals surface area (Å²) < 4.78 is 0. The van der Waals surface area contributed by atoms with Gasteiger partial charge in [0.15, 0.2) is 0 Å². The molecular weight excluding hydrogens is 134 g/mol. The second kappa shape index (κ2) is 4.12. The highest BCUT2D eigenvalue weighted by molar-refractivity contribution is 6.09. The van der Waals surface area contributed by atoms with Gasteiger partial charge in [-0.1, -0.05) is 19.1 Å². The van der Waals surface area contributed by atoms with Crippen LogP contribution in [0, 0.1) is 0 Å². The Kier molecular flexibility index (Phi) is 3.09. The lowest BCUT2D eigenvalue weighted by molar-refractivity contribution is 1.03. The molecule has 1 rings (SSSR count). The minimum absolute atomic E-state index is 0.978. The molecule has 0 bridgehead atoms. The summed E-state index contributed by atoms with van der Waals surface area (Å²) in [5.74, 6) is 0. The molecule has 1 heterocycles. The van der Waals surface area contributed by atoms with E-state index in [-0.39, 0.29) is 0 Å². The Morgan fingerprint density at radius 3 is 3.00 bits per heavy atom. The lowest BCUT2D eigenvalue weighted by atomic mass is 10.1. The van der Waals surface area contributed by atoms with Gasteiger partial charge in [0, 0.05) is 6.54 Å². The molecule has 1 aliphatic heterocycles. The van der Waals surface area contributed by atoms with E-state index < -0.39 is 0 Å². The predicted molar refractivity (Wildman–Crippen MR) is 50.1 cm³/mol. The second-order valence-electron chi connectivity index (χ2n) is 2.65. The fourth-order valence-corrected chi connectivity index (χ4v) is 1.30. The van der Waals surface area contributed by atoms with Crippen LogP contribution in [0.25, 0.3) is 0 Å². The van der Waals surface area contributed by atoms with Gasteiger partial charge in [-0.25, -0.2) is 0 Å². The lowest BCUT2D eigenvalue weighted by Gasteiger charge is -1.95. The summed E-state index contributed by atoms with van der Waals surface area (Å²) in [5.41, 5.74) is 2.61. The van der Waals surface area contributed by atoms with Crippen molar-refractivity contribution < 1.29 is 0 Å². The van der Waals surface area contributed by atoms with Crippen molar-refractivity contribution in [2.75, 3.05) is 6.54 Å². The maximum atomic E-state index is 4.39. The summed E-state index contributed by atoms with van der Waals surface area (Å²) in [6, 6.07) is 0. The van der Waals surface area contributed by atoms with Crippen LogP contribution in [0.2, 0.25) is 0 Å². The Morgan fingerprint density at radius 2 is 2.36 bits per heavy atom. The zero-order valence-corrected chi connectivity index (χ0v) is 7.30. The first-order chi connectivity index (χ1) is 5.38. The first kappa shape index (κ1) is 8.25. The molecule has 60 valence electrons. The van der Waals surface area contributed by atoms with E-state index >= 15 is 0 Å². The number of aliphatic imine (C=N–C) groups is 1. The van der Waals surface area contributed by atoms with E-state index in [0.29, 0.717) is 0 Å². The van der Waals surface area contributed by atoms with Crippen LogP contribution in [0.3, 0.4) is 0 Å². The van der Waals surface area contributed by atoms with E-state index in [9.17, 15) is 0 Å². The third kappa shape index (κ3) is 2.04. The highest BCUT2D eigenvalue weighted by Crippen LogP contribution is 2.14. The van der Waals surface area contributed by atoms with Crippen molar-refractivity contribution in [1.82, 2.24) is 0 Å². The molecule has 0 atom stereocenters. The highest BCUT2D eigenvalue weighted by atomic mass is 14.8. The number of hydrogen-bond donors (Lipinski definition) is 0. The molecule has 0 aromatic heterocycles. The molecule has 0 aromatic carbocycles. The minimum Gasteiger partial charge on any atom is -0.285 e. The quantitative estimate of drug-likeness (QED) is 0.572. The Morgan fingerprint density at radius 1 is 1.55 bits per heavy atom. The van der Waals surface area contributed by atoms with Gasteiger partial charge in [-0.3, -0.25) is 4.99 Å². The van der Waals surface area contributed by atoms with Crippen LogP contribution in [0.1, 0.15) is 26.7 Å². The SMILES string of the molecule is C/C=C\C1=NCC/C1=C/CC. The Balaban J connectivity index is 2.70. The molecule has 0 fully saturated rings. The van der Waals surface area contributed by atoms with Crippen LogP contribution in [0.4, 0.5) is 0 Å². The smallest absolute Gasteiger partial charge is 0.0600 e. The predicted octanol–water partition coefficient (Wildman–Crippen LogP) is 2.74. The molecule has 0 spiro atoms. The fourth-order valence-electron chi connectivity index (χ4n) is 1.30. The third-order valence-electron chi connectivity index (χ3n) is 1.77. The lowest BCUT2D eigenvalue weighted by Crippen LogP contribution is -1.91. The molecule has 0 aliphatic carbocycles. The number of nitrogens with zero attached hydrogens (tertiary/aromatic N) is 1. The fraction of sp³-hybridized carbons (Fsp3) is 0.500. The van der Waals surface area contributed by atoms with E-state index in [1.54, 1.807) is 0 Å². The normalized spacial score (nSPS) is 21.6. The minimum atomic E-state index is 0.978. The molecule has 1 aliphatic rings. The molecule has 1 nitrogen and oxygen atoms in total. The van der Waals surface area contributed by atoms with Gasteiger partial charge in [0.05, 0.1) is 5.71 Å². The first-order valence-corrected chi connectivity index (χ1v) is 4.25. The summed E-state index contributed by atoms with van der Waals surface area (Å²) in [6.45, 7) is 5.18. The largest absolute Gasteiger partial charge is 0.285 e. The molecule has 0 unspecified atom stereocenters. The van der Waals surface area contributed by atoms with Crippen LogP contribution < -0.4 is 0 Å². The topological polar surface area (TPSA) is 12.4 Å². The van der Waals surface area contributed by atoms with Crippen molar-refractivity contribution in [2.24, 2.45) is 4.99 Å². The molecule has 0 saturated heterocycles. The molecule has 11 heavy (non-hydrogen) atoms. The molecular formula is C10H15N. The van der Waals surface area contributed by atoms with Crippen molar-refractivity contribution in [3.63, 3.8) is 0 Å². The van der Waals surface area contributed by atoms with Crippen molar-refractivity contribution in [1.29, 1.82) is 0 Å². The Bertz CT molecular complexity index is 209. The van der Waals surface area contributed by atoms with E-state index in [1.807, 2.05) is 13.0 Å². The van der Waals surface area contributed by atoms with Crippen LogP contribution in [-0.4, -0.2) is 12.3 Å². The molecule has 0 N–H and O–H groups in total. The average Bonchev–Trinajstić information content (AvgIpc) is 2.39. The highest BCUT2D eigenvalue weighted by Gasteiger charge is 2.08. The van der Waals surface area contributed by atoms with Gasteiger partial charge in [-0.05, 0) is 31.4 Å². The molecule has 0 radical (unpaired) electrons. The van der Waals surface area contributed by atoms with Gasteiger partial charge in [-0.15, -0.1) is 0 Å². The van der Waals surface area contributed by atoms with Gasteiger partial charge in [-0.2, -0.15) is 0 Å². The van der Waals surface area contributed by atoms with Gasteiger partial charge in [0.25, 0.3) is 0 Å². The van der Waals surface area contributed by atoms with Gasteiger partial charge >= 0.3 is 0 Å². The standard InChI is InChI=1S/C10H15N/c1-3-5-9-7-8-11-10(9)6-4-2/h4-6H,3,7-8H2,1-2H3/b6-4-,9-5-. The van der Waals surface area contributed by atoms with Crippen molar-refractivity contribution in [2.45, 2.75) is 26.7 Å². The maximum Gasteiger partial charge on any atom is 0.0600 e. The average molecular weight is 149 g/mol. The summed E-state index contributed by atoms with van der Waals surface area (Å²) in [4.78, 5) is 4.39. The van der Waals surface area contributed by atoms with Gasteiger partial charge in [0.2, 0.25) is 0 Å². The monoisotopic (exact) mass is 149 g/mol. The van der Waals surface area contributed by atoms with Crippen molar-refractivity contribution in [3.8, 4) is 0 Å². The van der Waals surface area contributed by atoms with Gasteiger partial charge < -0.3 is 0 Å². The zero-order chi connectivity index (χ0) is 8.10. The summed E-state index contributed by atoms with van der Waals surface area (Å²) in [6.07, 6.45) is 8.66. The molecule has 1 heteroatoms. The molecule has 0 aromatic rings. The summed E-state index contributed by atoms with van der Waals surface area (Å²) in [5, 5.41) is 0. The molecule has 0 saturated carbocycles. The third-order valence-corrected chi connectivity index (χ3v) is 1.77. The van der Waals surface area contributed by atoms with E-state index in [0.717, 1.165) is 19.4 Å². The molecule has 0 amide bonds. The van der Waals surface area contributed by atoms with E-state index in [2.05, 4.69) is 24.1 Å². The van der Waals surface area contributed by atoms with Gasteiger partial charge in [0.1, 0.15) is 0 Å². The van der Waals surface area contributed by atoms with Crippen LogP contribution in [0.5, 0.6) is 0 Å². The maximum absolute atomic E-state index is 4.39.